The smallest absolute Gasteiger partial charge is 0.0974 e. The van der Waals surface area contributed by atoms with Gasteiger partial charge in [0.2, 0.25) is 0 Å². The first kappa shape index (κ1) is 13.5. The summed E-state index contributed by atoms with van der Waals surface area (Å²) >= 11 is 1.99. The molecule has 1 N–H and O–H groups in total. The fraction of sp³-hybridized carbons (Fsp3) is 0.500. The monoisotopic (exact) mass is 298 g/mol. The highest BCUT2D eigenvalue weighted by atomic mass is 32.1. The Hall–Kier alpha value is -1.19. The molecule has 1 saturated heterocycles. The number of hydrogen-bond donors (Lipinski definition) is 1. The van der Waals surface area contributed by atoms with E-state index in [1.54, 1.807) is 4.88 Å². The van der Waals surface area contributed by atoms with Gasteiger partial charge in [0.15, 0.2) is 0 Å². The van der Waals surface area contributed by atoms with Crippen LogP contribution in [0, 0.1) is 0 Å². The van der Waals surface area contributed by atoms with Crippen LogP contribution in [0.25, 0.3) is 0 Å². The number of rotatable bonds is 2. The van der Waals surface area contributed by atoms with Gasteiger partial charge in [-0.3, -0.25) is 0 Å². The van der Waals surface area contributed by atoms with E-state index in [0.29, 0.717) is 11.8 Å². The minimum atomic E-state index is 0.657. The van der Waals surface area contributed by atoms with Crippen molar-refractivity contribution < 1.29 is 0 Å². The topological polar surface area (TPSA) is 24.9 Å². The number of piperidine rings is 1. The quantitative estimate of drug-likeness (QED) is 0.910. The van der Waals surface area contributed by atoms with Crippen molar-refractivity contribution in [3.63, 3.8) is 0 Å². The summed E-state index contributed by atoms with van der Waals surface area (Å²) in [5, 5.41) is 4.90. The summed E-state index contributed by atoms with van der Waals surface area (Å²) in [4.78, 5) is 6.53. The molecule has 2 aromatic rings. The minimum absolute atomic E-state index is 0.657. The van der Waals surface area contributed by atoms with Crippen LogP contribution in [0.1, 0.15) is 52.2 Å². The van der Waals surface area contributed by atoms with Gasteiger partial charge in [-0.2, -0.15) is 0 Å². The van der Waals surface area contributed by atoms with Crippen molar-refractivity contribution in [1.82, 2.24) is 10.3 Å². The van der Waals surface area contributed by atoms with E-state index in [-0.39, 0.29) is 0 Å². The van der Waals surface area contributed by atoms with Gasteiger partial charge in [0, 0.05) is 17.3 Å². The number of nitrogens with zero attached hydrogens (tertiary/aromatic N) is 1. The van der Waals surface area contributed by atoms with Gasteiger partial charge in [0.25, 0.3) is 0 Å². The molecular weight excluding hydrogens is 276 g/mol. The zero-order chi connectivity index (χ0) is 14.1. The summed E-state index contributed by atoms with van der Waals surface area (Å²) in [7, 11) is 0. The Kier molecular flexibility index (Phi) is 3.78. The predicted molar refractivity (Wildman–Crippen MR) is 88.2 cm³/mol. The van der Waals surface area contributed by atoms with E-state index < -0.39 is 0 Å². The second-order valence-electron chi connectivity index (χ2n) is 6.32. The molecule has 0 spiro atoms. The van der Waals surface area contributed by atoms with Gasteiger partial charge in [-0.25, -0.2) is 4.98 Å². The first-order valence-electron chi connectivity index (χ1n) is 8.14. The largest absolute Gasteiger partial charge is 0.316 e. The Balaban J connectivity index is 1.54. The van der Waals surface area contributed by atoms with Crippen molar-refractivity contribution >= 4 is 11.3 Å². The van der Waals surface area contributed by atoms with Crippen molar-refractivity contribution in [2.75, 3.05) is 13.1 Å². The lowest BCUT2D eigenvalue weighted by molar-refractivity contribution is 0.459. The van der Waals surface area contributed by atoms with Crippen LogP contribution in [0.15, 0.2) is 30.3 Å². The van der Waals surface area contributed by atoms with Crippen molar-refractivity contribution in [1.29, 1.82) is 0 Å². The minimum Gasteiger partial charge on any atom is -0.316 e. The molecule has 2 aliphatic rings. The van der Waals surface area contributed by atoms with Crippen molar-refractivity contribution in [3.8, 4) is 0 Å². The maximum absolute atomic E-state index is 4.98. The molecule has 1 aromatic heterocycles. The third-order valence-corrected chi connectivity index (χ3v) is 6.16. The molecule has 110 valence electrons. The Morgan fingerprint density at radius 2 is 2.00 bits per heavy atom. The lowest BCUT2D eigenvalue weighted by Crippen LogP contribution is -2.28. The number of fused-ring (bicyclic) bond motifs is 1. The molecule has 2 atom stereocenters. The molecule has 1 fully saturated rings. The molecule has 3 heteroatoms. The molecule has 2 heterocycles. The molecule has 0 radical (unpaired) electrons. The molecule has 1 aromatic carbocycles. The van der Waals surface area contributed by atoms with Crippen LogP contribution in [0.4, 0.5) is 0 Å². The number of nitrogens with one attached hydrogen (secondary N) is 1. The highest BCUT2D eigenvalue weighted by molar-refractivity contribution is 7.11. The van der Waals surface area contributed by atoms with Crippen LogP contribution in [0.5, 0.6) is 0 Å². The molecule has 21 heavy (non-hydrogen) atoms. The molecule has 2 nitrogen and oxygen atoms in total. The number of benzene rings is 1. The van der Waals surface area contributed by atoms with Gasteiger partial charge in [0.05, 0.1) is 10.7 Å². The third-order valence-electron chi connectivity index (χ3n) is 4.87. The zero-order valence-corrected chi connectivity index (χ0v) is 13.2. The Morgan fingerprint density at radius 3 is 2.81 bits per heavy atom. The second-order valence-corrected chi connectivity index (χ2v) is 7.43. The summed E-state index contributed by atoms with van der Waals surface area (Å²) in [6.07, 6.45) is 6.20. The van der Waals surface area contributed by atoms with E-state index >= 15 is 0 Å². The standard InChI is InChI=1S/C18H22N2S/c1-2-5-13(6-3-1)14-8-9-16-17(11-14)21-18(20-16)15-7-4-10-19-12-15/h1-3,5-6,14-15,19H,4,7-12H2. The first-order valence-corrected chi connectivity index (χ1v) is 8.96. The average Bonchev–Trinajstić information content (AvgIpc) is 2.99. The van der Waals surface area contributed by atoms with E-state index in [0.717, 1.165) is 13.0 Å². The van der Waals surface area contributed by atoms with E-state index in [1.165, 1.54) is 48.5 Å². The Labute approximate surface area is 130 Å². The number of aromatic nitrogens is 1. The summed E-state index contributed by atoms with van der Waals surface area (Å²) in [6.45, 7) is 2.30. The van der Waals surface area contributed by atoms with E-state index in [9.17, 15) is 0 Å². The summed E-state index contributed by atoms with van der Waals surface area (Å²) < 4.78 is 0. The van der Waals surface area contributed by atoms with E-state index in [4.69, 9.17) is 4.98 Å². The normalized spacial score (nSPS) is 25.5. The van der Waals surface area contributed by atoms with Gasteiger partial charge < -0.3 is 5.32 Å². The third kappa shape index (κ3) is 2.77. The van der Waals surface area contributed by atoms with Gasteiger partial charge in [-0.05, 0) is 50.1 Å². The molecule has 2 unspecified atom stereocenters. The summed E-state index contributed by atoms with van der Waals surface area (Å²) in [6, 6.07) is 11.0. The molecular formula is C18H22N2S. The Morgan fingerprint density at radius 1 is 1.10 bits per heavy atom. The molecule has 0 bridgehead atoms. The van der Waals surface area contributed by atoms with Gasteiger partial charge in [-0.15, -0.1) is 11.3 Å². The fourth-order valence-electron chi connectivity index (χ4n) is 3.64. The maximum Gasteiger partial charge on any atom is 0.0974 e. The number of thiazole rings is 1. The predicted octanol–water partition coefficient (Wildman–Crippen LogP) is 3.88. The second kappa shape index (κ2) is 5.90. The van der Waals surface area contributed by atoms with Gasteiger partial charge in [-0.1, -0.05) is 30.3 Å². The molecule has 0 amide bonds. The zero-order valence-electron chi connectivity index (χ0n) is 12.3. The van der Waals surface area contributed by atoms with Crippen LogP contribution >= 0.6 is 11.3 Å². The number of aryl methyl sites for hydroxylation is 1. The molecule has 4 rings (SSSR count). The van der Waals surface area contributed by atoms with E-state index in [2.05, 4.69) is 35.6 Å². The van der Waals surface area contributed by atoms with Crippen LogP contribution in [0.3, 0.4) is 0 Å². The lowest BCUT2D eigenvalue weighted by atomic mass is 9.85. The van der Waals surface area contributed by atoms with Crippen LogP contribution < -0.4 is 5.32 Å². The summed E-state index contributed by atoms with van der Waals surface area (Å²) in [5.41, 5.74) is 2.89. The van der Waals surface area contributed by atoms with Crippen LogP contribution in [-0.4, -0.2) is 18.1 Å². The van der Waals surface area contributed by atoms with Crippen LogP contribution in [-0.2, 0) is 12.8 Å². The van der Waals surface area contributed by atoms with E-state index in [1.807, 2.05) is 11.3 Å². The van der Waals surface area contributed by atoms with Gasteiger partial charge in [0.1, 0.15) is 0 Å². The highest BCUT2D eigenvalue weighted by Gasteiger charge is 2.26. The van der Waals surface area contributed by atoms with Crippen molar-refractivity contribution in [3.05, 3.63) is 51.5 Å². The Bertz CT molecular complexity index is 599. The molecule has 0 saturated carbocycles. The first-order chi connectivity index (χ1) is 10.4. The van der Waals surface area contributed by atoms with Crippen molar-refractivity contribution in [2.45, 2.75) is 43.9 Å². The lowest BCUT2D eigenvalue weighted by Gasteiger charge is -2.21. The van der Waals surface area contributed by atoms with Crippen LogP contribution in [0.2, 0.25) is 0 Å². The number of hydrogen-bond acceptors (Lipinski definition) is 3. The SMILES string of the molecule is c1ccc(C2CCc3nc(C4CCCNC4)sc3C2)cc1. The van der Waals surface area contributed by atoms with Crippen molar-refractivity contribution in [2.24, 2.45) is 0 Å². The molecule has 1 aliphatic carbocycles. The molecule has 1 aliphatic heterocycles. The van der Waals surface area contributed by atoms with Gasteiger partial charge >= 0.3 is 0 Å². The fourth-order valence-corrected chi connectivity index (χ4v) is 4.97. The maximum atomic E-state index is 4.98. The average molecular weight is 298 g/mol. The summed E-state index contributed by atoms with van der Waals surface area (Å²) in [5.74, 6) is 1.35. The highest BCUT2D eigenvalue weighted by Crippen LogP contribution is 2.38.